The Morgan fingerprint density at radius 1 is 0.283 bits per heavy atom. The van der Waals surface area contributed by atoms with E-state index in [1.54, 1.807) is 0 Å². The minimum absolute atomic E-state index is 1.04. The molecular weight excluding hydrogens is 841 g/mol. The Bertz CT molecular complexity index is 1160. The Kier molecular flexibility index (Phi) is 31.1. The fourth-order valence-electron chi connectivity index (χ4n) is 10.7. The van der Waals surface area contributed by atoms with Crippen LogP contribution in [-0.2, 0) is 27.3 Å². The first-order valence-corrected chi connectivity index (χ1v) is 40.4. The highest BCUT2D eigenvalue weighted by atomic mass is 32.3. The zero-order valence-electron chi connectivity index (χ0n) is 42.9. The summed E-state index contributed by atoms with van der Waals surface area (Å²) < 4.78 is 54.6. The highest BCUT2D eigenvalue weighted by Crippen LogP contribution is 2.49. The molecule has 0 saturated carbocycles. The third-order valence-electron chi connectivity index (χ3n) is 14.4. The van der Waals surface area contributed by atoms with Gasteiger partial charge in [-0.1, -0.05) is 273 Å². The maximum atomic E-state index is 18.0. The highest BCUT2D eigenvalue weighted by molar-refractivity contribution is 8.53. The van der Waals surface area contributed by atoms with Gasteiger partial charge in [-0.25, -0.2) is 8.42 Å². The van der Waals surface area contributed by atoms with E-state index >= 15 is 8.42 Å². The lowest BCUT2D eigenvalue weighted by atomic mass is 10.4. The molecule has 0 N–H and O–H groups in total. The first-order valence-electron chi connectivity index (χ1n) is 27.1. The normalized spacial score (nSPS) is 19.1. The van der Waals surface area contributed by atoms with Crippen molar-refractivity contribution in [3.8, 4) is 0 Å². The molecule has 60 heavy (non-hydrogen) atoms. The molecule has 0 aromatic heterocycles. The van der Waals surface area contributed by atoms with E-state index < -0.39 is 52.4 Å². The number of unbranched alkanes of at least 4 members (excludes halogenated alkanes) is 12. The van der Waals surface area contributed by atoms with Crippen molar-refractivity contribution in [2.75, 3.05) is 0 Å². The van der Waals surface area contributed by atoms with Crippen molar-refractivity contribution in [2.24, 2.45) is 0 Å². The second-order valence-corrected chi connectivity index (χ2v) is 43.7. The van der Waals surface area contributed by atoms with Crippen molar-refractivity contribution in [2.45, 2.75) is 310 Å². The quantitative estimate of drug-likeness (QED) is 0.0452. The van der Waals surface area contributed by atoms with Crippen LogP contribution >= 0.6 is 0 Å². The third-order valence-corrected chi connectivity index (χ3v) is 49.3. The molecule has 1 aliphatic rings. The molecule has 0 unspecified atom stereocenters. The summed E-state index contributed by atoms with van der Waals surface area (Å²) in [4.78, 5) is 0. The topological polar surface area (TPSA) is 52.6 Å². The second kappa shape index (κ2) is 31.7. The van der Waals surface area contributed by atoms with Crippen LogP contribution in [0.15, 0.2) is 0 Å². The first kappa shape index (κ1) is 58.8. The Balaban J connectivity index is 5.05. The lowest BCUT2D eigenvalue weighted by Crippen LogP contribution is -2.70. The average molecular weight is 950 g/mol. The molecule has 0 saturated heterocycles. The van der Waals surface area contributed by atoms with Crippen LogP contribution in [0, 0.1) is 0 Å². The van der Waals surface area contributed by atoms with Crippen LogP contribution in [0.2, 0.25) is 72.5 Å². The van der Waals surface area contributed by atoms with Crippen molar-refractivity contribution >= 4 is 60.0 Å². The monoisotopic (exact) mass is 949 g/mol. The largest absolute Gasteiger partial charge is 0.338 e. The summed E-state index contributed by atoms with van der Waals surface area (Å²) in [6.07, 6.45) is 27.4. The van der Waals surface area contributed by atoms with Crippen molar-refractivity contribution in [3.05, 3.63) is 0 Å². The van der Waals surface area contributed by atoms with Crippen LogP contribution in [-0.4, -0.2) is 48.8 Å². The van der Waals surface area contributed by atoms with Gasteiger partial charge in [0.15, 0.2) is 0 Å². The van der Waals surface area contributed by atoms with Crippen LogP contribution < -0.4 is 0 Å². The predicted molar refractivity (Wildman–Crippen MR) is 288 cm³/mol. The van der Waals surface area contributed by atoms with Gasteiger partial charge in [-0.2, -0.15) is 0 Å². The fourth-order valence-corrected chi connectivity index (χ4v) is 55.6. The molecule has 10 heteroatoms. The first-order chi connectivity index (χ1) is 28.9. The van der Waals surface area contributed by atoms with Gasteiger partial charge in [0.1, 0.15) is 35.8 Å². The molecule has 0 aromatic carbocycles. The Hall–Kier alpha value is 0.828. The molecule has 4 nitrogen and oxygen atoms in total. The van der Waals surface area contributed by atoms with Gasteiger partial charge in [-0.05, 0) is 36.3 Å². The molecule has 0 amide bonds. The van der Waals surface area contributed by atoms with Crippen LogP contribution in [0.4, 0.5) is 0 Å². The molecule has 0 fully saturated rings. The number of hydrogen-bond acceptors (Lipinski definition) is 4. The molecule has 1 rings (SSSR count). The zero-order chi connectivity index (χ0) is 45.0. The summed E-state index contributed by atoms with van der Waals surface area (Å²) >= 11 is 0. The molecule has 1 heterocycles. The summed E-state index contributed by atoms with van der Waals surface area (Å²) in [6.45, 7) is 28.1. The van der Waals surface area contributed by atoms with Gasteiger partial charge < -0.3 is 7.74 Å². The zero-order valence-corrected chi connectivity index (χ0v) is 48.5. The lowest BCUT2D eigenvalue weighted by molar-refractivity contribution is 0.525. The molecule has 1 aliphatic heterocycles. The van der Waals surface area contributed by atoms with Gasteiger partial charge >= 0.3 is 0 Å². The predicted octanol–water partition coefficient (Wildman–Crippen LogP) is 18.2. The molecular formula is C50H108O4S2Si4. The van der Waals surface area contributed by atoms with E-state index in [4.69, 9.17) is 7.74 Å². The molecule has 0 atom stereocenters. The summed E-state index contributed by atoms with van der Waals surface area (Å²) in [5, 5.41) is 0. The lowest BCUT2D eigenvalue weighted by Gasteiger charge is -2.52. The Morgan fingerprint density at radius 3 is 0.583 bits per heavy atom. The van der Waals surface area contributed by atoms with Gasteiger partial charge in [0.05, 0.1) is 7.64 Å². The maximum Gasteiger partial charge on any atom is 0.214 e. The van der Waals surface area contributed by atoms with E-state index in [-0.39, 0.29) is 0 Å². The standard InChI is InChI=1S/C50H108O4S2Si4/c1-13-25-37-57(38-26-14-2,39-27-15-3)49-55(51,53-59(43-31-19-7,44-32-20-8)45-33-21-9)50(58(40-28-16-4,41-29-17-5)42-30-18-6)56(49,52)54-60(46-34-22-10,47-35-23-11)48-36-24-12/h13-48H2,1-12H3. The molecule has 360 valence electrons. The SMILES string of the molecule is CCCC[Si](CCCC)(CCCC)OS1(=O)=C([Si](CCCC)(CCCC)CCCC)S(=O)(O[Si](CCCC)(CCCC)CCCC)=C1[Si](CCCC)(CCCC)CCCC. The van der Waals surface area contributed by atoms with Crippen LogP contribution in [0.25, 0.3) is 0 Å². The van der Waals surface area contributed by atoms with E-state index in [1.165, 1.54) is 0 Å². The summed E-state index contributed by atoms with van der Waals surface area (Å²) in [6, 6.07) is 13.3. The molecule has 0 spiro atoms. The van der Waals surface area contributed by atoms with E-state index in [1.807, 2.05) is 0 Å². The summed E-state index contributed by atoms with van der Waals surface area (Å²) in [5.41, 5.74) is 0. The van der Waals surface area contributed by atoms with Crippen molar-refractivity contribution in [1.29, 1.82) is 0 Å². The molecule has 0 aromatic rings. The van der Waals surface area contributed by atoms with E-state index in [0.717, 1.165) is 234 Å². The average Bonchev–Trinajstić information content (AvgIpc) is 3.25. The molecule has 0 aliphatic carbocycles. The third kappa shape index (κ3) is 16.6. The van der Waals surface area contributed by atoms with E-state index in [9.17, 15) is 0 Å². The van der Waals surface area contributed by atoms with Crippen LogP contribution in [0.1, 0.15) is 237 Å². The Labute approximate surface area is 383 Å². The van der Waals surface area contributed by atoms with Gasteiger partial charge in [0.25, 0.3) is 0 Å². The van der Waals surface area contributed by atoms with Crippen molar-refractivity contribution in [1.82, 2.24) is 0 Å². The van der Waals surface area contributed by atoms with E-state index in [2.05, 4.69) is 83.1 Å². The minimum Gasteiger partial charge on any atom is -0.338 e. The fraction of sp³-hybridized carbons (Fsp3) is 0.960. The van der Waals surface area contributed by atoms with Crippen molar-refractivity contribution in [3.63, 3.8) is 0 Å². The number of hydrogen-bond donors (Lipinski definition) is 0. The summed E-state index contributed by atoms with van der Waals surface area (Å²) in [7, 11) is -16.4. The van der Waals surface area contributed by atoms with Gasteiger partial charge in [-0.3, -0.25) is 0 Å². The maximum absolute atomic E-state index is 18.0. The molecule has 0 radical (unpaired) electrons. The molecule has 0 bridgehead atoms. The Morgan fingerprint density at radius 2 is 0.433 bits per heavy atom. The van der Waals surface area contributed by atoms with Gasteiger partial charge in [0.2, 0.25) is 16.6 Å². The highest BCUT2D eigenvalue weighted by Gasteiger charge is 2.63. The van der Waals surface area contributed by atoms with E-state index in [0.29, 0.717) is 0 Å². The van der Waals surface area contributed by atoms with Crippen LogP contribution in [0.5, 0.6) is 0 Å². The second-order valence-electron chi connectivity index (χ2n) is 19.9. The summed E-state index contributed by atoms with van der Waals surface area (Å²) in [5.74, 6) is 0. The van der Waals surface area contributed by atoms with Crippen molar-refractivity contribution < 1.29 is 16.2 Å². The minimum atomic E-state index is -3.12. The van der Waals surface area contributed by atoms with Crippen LogP contribution in [0.3, 0.4) is 0 Å². The van der Waals surface area contributed by atoms with Gasteiger partial charge in [-0.15, -0.1) is 0 Å². The smallest absolute Gasteiger partial charge is 0.214 e. The van der Waals surface area contributed by atoms with Gasteiger partial charge in [0, 0.05) is 0 Å². The number of rotatable bonds is 42.